The van der Waals surface area contributed by atoms with Gasteiger partial charge in [0.2, 0.25) is 0 Å². The third kappa shape index (κ3) is 1.90. The molecule has 1 atom stereocenters. The van der Waals surface area contributed by atoms with E-state index in [1.807, 2.05) is 19.9 Å². The third-order valence-corrected chi connectivity index (χ3v) is 1.66. The molecule has 0 aliphatic heterocycles. The van der Waals surface area contributed by atoms with E-state index >= 15 is 0 Å². The van der Waals surface area contributed by atoms with Crippen molar-refractivity contribution in [3.05, 3.63) is 23.7 Å². The molecule has 1 aromatic rings. The molecule has 0 aliphatic rings. The van der Waals surface area contributed by atoms with Crippen LogP contribution in [0.3, 0.4) is 0 Å². The van der Waals surface area contributed by atoms with Gasteiger partial charge in [0, 0.05) is 5.56 Å². The van der Waals surface area contributed by atoms with Crippen LogP contribution in [0, 0.1) is 19.3 Å². The minimum atomic E-state index is -0.0209. The molecule has 0 aliphatic carbocycles. The van der Waals surface area contributed by atoms with Crippen LogP contribution < -0.4 is 5.32 Å². The van der Waals surface area contributed by atoms with Gasteiger partial charge in [0.05, 0.1) is 12.3 Å². The van der Waals surface area contributed by atoms with Gasteiger partial charge in [-0.1, -0.05) is 12.8 Å². The molecular weight excluding hydrogens is 150 g/mol. The summed E-state index contributed by atoms with van der Waals surface area (Å²) in [5, 5.41) is 3.17. The standard InChI is InChI=1S/C10H13NO/c1-4-10(11-5-2)9-6-8(3)12-7-9/h1,6-7,10-11H,5H2,2-3H3. The summed E-state index contributed by atoms with van der Waals surface area (Å²) >= 11 is 0. The molecule has 2 heteroatoms. The van der Waals surface area contributed by atoms with E-state index in [0.717, 1.165) is 17.9 Å². The van der Waals surface area contributed by atoms with Crippen LogP contribution in [0.15, 0.2) is 16.7 Å². The lowest BCUT2D eigenvalue weighted by molar-refractivity contribution is 0.528. The van der Waals surface area contributed by atoms with Gasteiger partial charge in [-0.05, 0) is 19.5 Å². The first-order valence-corrected chi connectivity index (χ1v) is 4.02. The third-order valence-electron chi connectivity index (χ3n) is 1.66. The molecule has 1 heterocycles. The highest BCUT2D eigenvalue weighted by molar-refractivity contribution is 5.23. The fourth-order valence-corrected chi connectivity index (χ4v) is 1.09. The first-order chi connectivity index (χ1) is 5.77. The molecule has 0 saturated heterocycles. The van der Waals surface area contributed by atoms with Crippen LogP contribution in [0.25, 0.3) is 0 Å². The van der Waals surface area contributed by atoms with Gasteiger partial charge in [-0.15, -0.1) is 6.42 Å². The van der Waals surface area contributed by atoms with Crippen molar-refractivity contribution in [1.82, 2.24) is 5.32 Å². The molecule has 0 amide bonds. The summed E-state index contributed by atoms with van der Waals surface area (Å²) in [5.41, 5.74) is 1.02. The zero-order valence-electron chi connectivity index (χ0n) is 7.42. The van der Waals surface area contributed by atoms with Gasteiger partial charge in [0.1, 0.15) is 5.76 Å². The van der Waals surface area contributed by atoms with Crippen molar-refractivity contribution in [2.75, 3.05) is 6.54 Å². The van der Waals surface area contributed by atoms with Crippen LogP contribution >= 0.6 is 0 Å². The molecule has 1 N–H and O–H groups in total. The predicted molar refractivity (Wildman–Crippen MR) is 48.7 cm³/mol. The number of hydrogen-bond acceptors (Lipinski definition) is 2. The van der Waals surface area contributed by atoms with Crippen molar-refractivity contribution < 1.29 is 4.42 Å². The lowest BCUT2D eigenvalue weighted by atomic mass is 10.1. The number of nitrogens with one attached hydrogen (secondary N) is 1. The minimum absolute atomic E-state index is 0.0209. The average molecular weight is 163 g/mol. The second kappa shape index (κ2) is 3.99. The number of aryl methyl sites for hydroxylation is 1. The van der Waals surface area contributed by atoms with E-state index in [1.54, 1.807) is 6.26 Å². The van der Waals surface area contributed by atoms with Gasteiger partial charge >= 0.3 is 0 Å². The zero-order chi connectivity index (χ0) is 8.97. The normalized spacial score (nSPS) is 12.4. The monoisotopic (exact) mass is 163 g/mol. The number of hydrogen-bond donors (Lipinski definition) is 1. The largest absolute Gasteiger partial charge is 0.469 e. The smallest absolute Gasteiger partial charge is 0.101 e. The summed E-state index contributed by atoms with van der Waals surface area (Å²) in [7, 11) is 0. The maximum absolute atomic E-state index is 5.35. The highest BCUT2D eigenvalue weighted by atomic mass is 16.3. The maximum atomic E-state index is 5.35. The average Bonchev–Trinajstić information content (AvgIpc) is 2.47. The van der Waals surface area contributed by atoms with Crippen LogP contribution in [0.1, 0.15) is 24.3 Å². The molecule has 0 bridgehead atoms. The molecule has 0 fully saturated rings. The van der Waals surface area contributed by atoms with Crippen molar-refractivity contribution >= 4 is 0 Å². The molecular formula is C10H13NO. The van der Waals surface area contributed by atoms with Gasteiger partial charge in [-0.2, -0.15) is 0 Å². The molecule has 0 saturated carbocycles. The van der Waals surface area contributed by atoms with Gasteiger partial charge in [-0.3, -0.25) is 0 Å². The lowest BCUT2D eigenvalue weighted by Crippen LogP contribution is -2.18. The van der Waals surface area contributed by atoms with Crippen molar-refractivity contribution in [2.45, 2.75) is 19.9 Å². The van der Waals surface area contributed by atoms with Crippen LogP contribution in [0.4, 0.5) is 0 Å². The SMILES string of the molecule is C#CC(NCC)c1coc(C)c1. The molecule has 1 aromatic heterocycles. The maximum Gasteiger partial charge on any atom is 0.101 e. The molecule has 64 valence electrons. The fourth-order valence-electron chi connectivity index (χ4n) is 1.09. The second-order valence-electron chi connectivity index (χ2n) is 2.65. The Morgan fingerprint density at radius 1 is 1.75 bits per heavy atom. The van der Waals surface area contributed by atoms with Gasteiger partial charge < -0.3 is 9.73 Å². The molecule has 0 spiro atoms. The van der Waals surface area contributed by atoms with Crippen molar-refractivity contribution in [3.63, 3.8) is 0 Å². The van der Waals surface area contributed by atoms with E-state index in [-0.39, 0.29) is 6.04 Å². The Morgan fingerprint density at radius 2 is 2.50 bits per heavy atom. The Balaban J connectivity index is 2.74. The Bertz CT molecular complexity index is 282. The lowest BCUT2D eigenvalue weighted by Gasteiger charge is -2.07. The first-order valence-electron chi connectivity index (χ1n) is 4.02. The Labute approximate surface area is 73.0 Å². The van der Waals surface area contributed by atoms with E-state index in [0.29, 0.717) is 0 Å². The highest BCUT2D eigenvalue weighted by Crippen LogP contribution is 2.14. The Morgan fingerprint density at radius 3 is 2.92 bits per heavy atom. The molecule has 0 radical (unpaired) electrons. The molecule has 1 rings (SSSR count). The van der Waals surface area contributed by atoms with Crippen molar-refractivity contribution in [1.29, 1.82) is 0 Å². The number of furan rings is 1. The first kappa shape index (κ1) is 8.89. The molecule has 12 heavy (non-hydrogen) atoms. The second-order valence-corrected chi connectivity index (χ2v) is 2.65. The van der Waals surface area contributed by atoms with Crippen LogP contribution in [-0.4, -0.2) is 6.54 Å². The van der Waals surface area contributed by atoms with E-state index < -0.39 is 0 Å². The minimum Gasteiger partial charge on any atom is -0.469 e. The molecule has 1 unspecified atom stereocenters. The van der Waals surface area contributed by atoms with Gasteiger partial charge in [0.15, 0.2) is 0 Å². The summed E-state index contributed by atoms with van der Waals surface area (Å²) in [4.78, 5) is 0. The molecule has 0 aromatic carbocycles. The Hall–Kier alpha value is -1.20. The summed E-state index contributed by atoms with van der Waals surface area (Å²) in [6, 6.07) is 1.93. The topological polar surface area (TPSA) is 25.2 Å². The summed E-state index contributed by atoms with van der Waals surface area (Å²) in [6.07, 6.45) is 7.04. The van der Waals surface area contributed by atoms with Crippen molar-refractivity contribution in [2.24, 2.45) is 0 Å². The number of rotatable bonds is 3. The van der Waals surface area contributed by atoms with E-state index in [2.05, 4.69) is 11.2 Å². The summed E-state index contributed by atoms with van der Waals surface area (Å²) < 4.78 is 5.16. The summed E-state index contributed by atoms with van der Waals surface area (Å²) in [6.45, 7) is 4.79. The van der Waals surface area contributed by atoms with Crippen molar-refractivity contribution in [3.8, 4) is 12.3 Å². The van der Waals surface area contributed by atoms with E-state index in [9.17, 15) is 0 Å². The zero-order valence-corrected chi connectivity index (χ0v) is 7.42. The summed E-state index contributed by atoms with van der Waals surface area (Å²) in [5.74, 6) is 3.55. The highest BCUT2D eigenvalue weighted by Gasteiger charge is 2.08. The fraction of sp³-hybridized carbons (Fsp3) is 0.400. The quantitative estimate of drug-likeness (QED) is 0.688. The molecule has 2 nitrogen and oxygen atoms in total. The van der Waals surface area contributed by atoms with Crippen LogP contribution in [0.2, 0.25) is 0 Å². The van der Waals surface area contributed by atoms with Gasteiger partial charge in [0.25, 0.3) is 0 Å². The van der Waals surface area contributed by atoms with Crippen LogP contribution in [0.5, 0.6) is 0 Å². The van der Waals surface area contributed by atoms with E-state index in [1.165, 1.54) is 0 Å². The Kier molecular flexibility index (Phi) is 2.95. The predicted octanol–water partition coefficient (Wildman–Crippen LogP) is 1.87. The van der Waals surface area contributed by atoms with E-state index in [4.69, 9.17) is 10.8 Å². The van der Waals surface area contributed by atoms with Crippen LogP contribution in [-0.2, 0) is 0 Å². The number of terminal acetylenes is 1. The van der Waals surface area contributed by atoms with Gasteiger partial charge in [-0.25, -0.2) is 0 Å².